The number of thioether (sulfide) groups is 1. The first-order valence-electron chi connectivity index (χ1n) is 5.71. The van der Waals surface area contributed by atoms with E-state index in [2.05, 4.69) is 20.9 Å². The Morgan fingerprint density at radius 2 is 2.32 bits per heavy atom. The third kappa shape index (κ3) is 3.48. The first-order chi connectivity index (χ1) is 9.11. The zero-order valence-corrected chi connectivity index (χ0v) is 12.7. The molecule has 0 unspecified atom stereocenters. The number of carbonyl (C=O) groups is 2. The van der Waals surface area contributed by atoms with Crippen LogP contribution in [0, 0.1) is 0 Å². The first kappa shape index (κ1) is 14.3. The molecule has 7 heteroatoms. The lowest BCUT2D eigenvalue weighted by atomic mass is 10.2. The lowest BCUT2D eigenvalue weighted by Crippen LogP contribution is -2.45. The summed E-state index contributed by atoms with van der Waals surface area (Å²) in [4.78, 5) is 29.5. The van der Waals surface area contributed by atoms with Gasteiger partial charge in [0.2, 0.25) is 0 Å². The zero-order valence-electron chi connectivity index (χ0n) is 10.3. The highest BCUT2D eigenvalue weighted by molar-refractivity contribution is 9.10. The summed E-state index contributed by atoms with van der Waals surface area (Å²) in [6, 6.07) is 1.73. The highest BCUT2D eigenvalue weighted by Gasteiger charge is 2.30. The standard InChI is InChI=1S/C12H13BrN2O3S/c1-18-12(17)10-7-15(2-3-19-10)11(16)8-4-9(13)6-14-5-8/h4-6,10H,2-3,7H2,1H3/t10-/m0/s1. The number of amides is 1. The fraction of sp³-hybridized carbons (Fsp3) is 0.417. The van der Waals surface area contributed by atoms with E-state index in [0.717, 1.165) is 10.2 Å². The Kier molecular flexibility index (Phi) is 4.81. The average molecular weight is 345 g/mol. The van der Waals surface area contributed by atoms with Crippen molar-refractivity contribution in [2.45, 2.75) is 5.25 Å². The summed E-state index contributed by atoms with van der Waals surface area (Å²) in [5.74, 6) is 0.338. The van der Waals surface area contributed by atoms with Crippen molar-refractivity contribution in [2.75, 3.05) is 26.0 Å². The second-order valence-corrected chi connectivity index (χ2v) is 6.25. The van der Waals surface area contributed by atoms with Crippen LogP contribution in [0.4, 0.5) is 0 Å². The van der Waals surface area contributed by atoms with Crippen LogP contribution in [-0.2, 0) is 9.53 Å². The number of halogens is 1. The van der Waals surface area contributed by atoms with Crippen molar-refractivity contribution in [3.05, 3.63) is 28.5 Å². The van der Waals surface area contributed by atoms with Crippen LogP contribution in [0.15, 0.2) is 22.9 Å². The molecule has 0 N–H and O–H groups in total. The first-order valence-corrected chi connectivity index (χ1v) is 7.55. The third-order valence-corrected chi connectivity index (χ3v) is 4.37. The van der Waals surface area contributed by atoms with Gasteiger partial charge in [-0.05, 0) is 22.0 Å². The van der Waals surface area contributed by atoms with Crippen molar-refractivity contribution < 1.29 is 14.3 Å². The lowest BCUT2D eigenvalue weighted by Gasteiger charge is -2.30. The van der Waals surface area contributed by atoms with E-state index in [9.17, 15) is 9.59 Å². The maximum absolute atomic E-state index is 12.3. The van der Waals surface area contributed by atoms with Crippen LogP contribution in [0.1, 0.15) is 10.4 Å². The summed E-state index contributed by atoms with van der Waals surface area (Å²) in [7, 11) is 1.36. The Balaban J connectivity index is 2.09. The van der Waals surface area contributed by atoms with Crippen LogP contribution < -0.4 is 0 Å². The summed E-state index contributed by atoms with van der Waals surface area (Å²) in [6.07, 6.45) is 3.15. The number of aromatic nitrogens is 1. The van der Waals surface area contributed by atoms with Crippen molar-refractivity contribution in [2.24, 2.45) is 0 Å². The van der Waals surface area contributed by atoms with E-state index in [1.54, 1.807) is 17.2 Å². The summed E-state index contributed by atoms with van der Waals surface area (Å²) < 4.78 is 5.48. The average Bonchev–Trinajstić information content (AvgIpc) is 2.45. The van der Waals surface area contributed by atoms with Crippen LogP contribution in [0.3, 0.4) is 0 Å². The van der Waals surface area contributed by atoms with E-state index in [1.165, 1.54) is 25.1 Å². The predicted octanol–water partition coefficient (Wildman–Crippen LogP) is 1.57. The normalized spacial score (nSPS) is 19.1. The molecule has 1 saturated heterocycles. The highest BCUT2D eigenvalue weighted by Crippen LogP contribution is 2.21. The van der Waals surface area contributed by atoms with Crippen molar-refractivity contribution in [1.29, 1.82) is 0 Å². The highest BCUT2D eigenvalue weighted by atomic mass is 79.9. The van der Waals surface area contributed by atoms with Gasteiger partial charge in [-0.2, -0.15) is 0 Å². The van der Waals surface area contributed by atoms with Crippen molar-refractivity contribution in [3.63, 3.8) is 0 Å². The van der Waals surface area contributed by atoms with E-state index in [-0.39, 0.29) is 17.1 Å². The van der Waals surface area contributed by atoms with Gasteiger partial charge in [-0.3, -0.25) is 14.6 Å². The fourth-order valence-electron chi connectivity index (χ4n) is 1.82. The molecule has 1 fully saturated rings. The number of methoxy groups -OCH3 is 1. The van der Waals surface area contributed by atoms with Gasteiger partial charge >= 0.3 is 5.97 Å². The van der Waals surface area contributed by atoms with Gasteiger partial charge in [-0.25, -0.2) is 0 Å². The minimum absolute atomic E-state index is 0.108. The molecule has 19 heavy (non-hydrogen) atoms. The van der Waals surface area contributed by atoms with Crippen LogP contribution >= 0.6 is 27.7 Å². The maximum Gasteiger partial charge on any atom is 0.320 e. The maximum atomic E-state index is 12.3. The molecule has 5 nitrogen and oxygen atoms in total. The topological polar surface area (TPSA) is 59.5 Å². The van der Waals surface area contributed by atoms with Gasteiger partial charge in [0.1, 0.15) is 5.25 Å². The number of pyridine rings is 1. The number of carbonyl (C=O) groups excluding carboxylic acids is 2. The minimum atomic E-state index is -0.303. The molecule has 0 aromatic carbocycles. The Labute approximate surface area is 123 Å². The lowest BCUT2D eigenvalue weighted by molar-refractivity contribution is -0.140. The molecule has 0 radical (unpaired) electrons. The molecule has 1 aliphatic heterocycles. The van der Waals surface area contributed by atoms with Crippen LogP contribution in [-0.4, -0.2) is 53.0 Å². The molecule has 102 valence electrons. The molecule has 2 rings (SSSR count). The van der Waals surface area contributed by atoms with E-state index in [4.69, 9.17) is 4.74 Å². The van der Waals surface area contributed by atoms with Gasteiger partial charge in [0.25, 0.3) is 5.91 Å². The van der Waals surface area contributed by atoms with E-state index in [1.807, 2.05) is 0 Å². The second kappa shape index (κ2) is 6.38. The Morgan fingerprint density at radius 1 is 1.53 bits per heavy atom. The van der Waals surface area contributed by atoms with E-state index in [0.29, 0.717) is 18.7 Å². The minimum Gasteiger partial charge on any atom is -0.468 e. The quantitative estimate of drug-likeness (QED) is 0.762. The molecular weight excluding hydrogens is 332 g/mol. The Bertz CT molecular complexity index is 498. The van der Waals surface area contributed by atoms with Gasteiger partial charge in [0.05, 0.1) is 12.7 Å². The number of rotatable bonds is 2. The summed E-state index contributed by atoms with van der Waals surface area (Å²) in [6.45, 7) is 1.01. The van der Waals surface area contributed by atoms with Crippen LogP contribution in [0.25, 0.3) is 0 Å². The molecule has 1 aliphatic rings. The molecule has 0 aliphatic carbocycles. The van der Waals surface area contributed by atoms with Crippen LogP contribution in [0.2, 0.25) is 0 Å². The largest absolute Gasteiger partial charge is 0.468 e. The summed E-state index contributed by atoms with van der Waals surface area (Å²) in [5.41, 5.74) is 0.518. The number of nitrogens with zero attached hydrogens (tertiary/aromatic N) is 2. The molecule has 1 aromatic heterocycles. The molecular formula is C12H13BrN2O3S. The zero-order chi connectivity index (χ0) is 13.8. The summed E-state index contributed by atoms with van der Waals surface area (Å²) in [5, 5.41) is -0.303. The second-order valence-electron chi connectivity index (χ2n) is 4.03. The van der Waals surface area contributed by atoms with Gasteiger partial charge in [0, 0.05) is 35.7 Å². The van der Waals surface area contributed by atoms with Crippen molar-refractivity contribution in [3.8, 4) is 0 Å². The summed E-state index contributed by atoms with van der Waals surface area (Å²) >= 11 is 4.81. The van der Waals surface area contributed by atoms with Gasteiger partial charge in [0.15, 0.2) is 0 Å². The monoisotopic (exact) mass is 344 g/mol. The molecule has 1 atom stereocenters. The Morgan fingerprint density at radius 3 is 3.00 bits per heavy atom. The molecule has 0 spiro atoms. The van der Waals surface area contributed by atoms with Gasteiger partial charge in [-0.15, -0.1) is 11.8 Å². The number of hydrogen-bond acceptors (Lipinski definition) is 5. The fourth-order valence-corrected chi connectivity index (χ4v) is 3.31. The Hall–Kier alpha value is -1.08. The smallest absolute Gasteiger partial charge is 0.320 e. The van der Waals surface area contributed by atoms with E-state index >= 15 is 0 Å². The molecule has 0 saturated carbocycles. The van der Waals surface area contributed by atoms with E-state index < -0.39 is 0 Å². The third-order valence-electron chi connectivity index (χ3n) is 2.77. The number of hydrogen-bond donors (Lipinski definition) is 0. The van der Waals surface area contributed by atoms with Crippen molar-refractivity contribution in [1.82, 2.24) is 9.88 Å². The SMILES string of the molecule is COC(=O)[C@@H]1CN(C(=O)c2cncc(Br)c2)CCS1. The molecule has 2 heterocycles. The predicted molar refractivity (Wildman–Crippen MR) is 76.1 cm³/mol. The number of esters is 1. The molecule has 1 aromatic rings. The van der Waals surface area contributed by atoms with Crippen molar-refractivity contribution >= 4 is 39.6 Å². The van der Waals surface area contributed by atoms with Gasteiger partial charge < -0.3 is 9.64 Å². The van der Waals surface area contributed by atoms with Crippen LogP contribution in [0.5, 0.6) is 0 Å². The van der Waals surface area contributed by atoms with Gasteiger partial charge in [-0.1, -0.05) is 0 Å². The number of ether oxygens (including phenoxy) is 1. The molecule has 0 bridgehead atoms. The molecule has 1 amide bonds.